The van der Waals surface area contributed by atoms with E-state index in [0.29, 0.717) is 11.3 Å². The normalized spacial score (nSPS) is 14.5. The Hall–Kier alpha value is -1.68. The van der Waals surface area contributed by atoms with Crippen LogP contribution in [-0.2, 0) is 15.2 Å². The van der Waals surface area contributed by atoms with E-state index in [1.807, 2.05) is 0 Å². The van der Waals surface area contributed by atoms with Crippen molar-refractivity contribution in [3.63, 3.8) is 0 Å². The number of aromatic nitrogens is 1. The highest BCUT2D eigenvalue weighted by molar-refractivity contribution is 7.09. The summed E-state index contributed by atoms with van der Waals surface area (Å²) in [5.74, 6) is -2.59. The zero-order valence-corrected chi connectivity index (χ0v) is 14.2. The molecule has 0 fully saturated rings. The van der Waals surface area contributed by atoms with E-state index in [0.717, 1.165) is 4.90 Å². The molecule has 136 valence electrons. The van der Waals surface area contributed by atoms with Crippen molar-refractivity contribution in [1.82, 2.24) is 9.88 Å². The van der Waals surface area contributed by atoms with E-state index in [2.05, 4.69) is 4.98 Å². The molecule has 0 saturated heterocycles. The summed E-state index contributed by atoms with van der Waals surface area (Å²) in [6.45, 7) is 4.09. The van der Waals surface area contributed by atoms with Gasteiger partial charge in [0.15, 0.2) is 0 Å². The summed E-state index contributed by atoms with van der Waals surface area (Å²) in [5.41, 5.74) is -3.16. The van der Waals surface area contributed by atoms with Gasteiger partial charge in [0.1, 0.15) is 11.6 Å². The average Bonchev–Trinajstić information content (AvgIpc) is 2.82. The molecule has 0 aliphatic heterocycles. The van der Waals surface area contributed by atoms with Crippen LogP contribution in [0.3, 0.4) is 0 Å². The van der Waals surface area contributed by atoms with Gasteiger partial charge in [-0.2, -0.15) is 13.2 Å². The number of thiazole rings is 1. The van der Waals surface area contributed by atoms with Crippen LogP contribution in [0, 0.1) is 12.8 Å². The maximum absolute atomic E-state index is 13.4. The van der Waals surface area contributed by atoms with Gasteiger partial charge in [0, 0.05) is 17.6 Å². The van der Waals surface area contributed by atoms with Crippen LogP contribution in [0.15, 0.2) is 5.38 Å². The van der Waals surface area contributed by atoms with Crippen molar-refractivity contribution in [1.29, 1.82) is 0 Å². The summed E-state index contributed by atoms with van der Waals surface area (Å²) in [6.07, 6.45) is -6.44. The zero-order valence-electron chi connectivity index (χ0n) is 13.4. The lowest BCUT2D eigenvalue weighted by atomic mass is 9.98. The fourth-order valence-electron chi connectivity index (χ4n) is 2.03. The van der Waals surface area contributed by atoms with Crippen LogP contribution in [0.25, 0.3) is 0 Å². The Morgan fingerprint density at radius 1 is 1.38 bits per heavy atom. The highest BCUT2D eigenvalue weighted by atomic mass is 32.1. The van der Waals surface area contributed by atoms with Gasteiger partial charge in [-0.25, -0.2) is 4.98 Å². The molecule has 1 unspecified atom stereocenters. The zero-order chi connectivity index (χ0) is 18.7. The summed E-state index contributed by atoms with van der Waals surface area (Å²) in [4.78, 5) is 27.5. The van der Waals surface area contributed by atoms with Gasteiger partial charge in [0.2, 0.25) is 11.5 Å². The molecule has 24 heavy (non-hydrogen) atoms. The molecule has 1 atom stereocenters. The first-order valence-electron chi connectivity index (χ1n) is 7.08. The van der Waals surface area contributed by atoms with E-state index in [9.17, 15) is 27.9 Å². The number of rotatable bonds is 7. The molecule has 0 aliphatic carbocycles. The minimum Gasteiger partial charge on any atom is -0.480 e. The van der Waals surface area contributed by atoms with Crippen molar-refractivity contribution < 1.29 is 33.0 Å². The number of carboxylic acids is 1. The van der Waals surface area contributed by atoms with Gasteiger partial charge in [-0.3, -0.25) is 9.59 Å². The van der Waals surface area contributed by atoms with Crippen LogP contribution < -0.4 is 0 Å². The SMILES string of the molecule is Cc1csc(C(O)(CC(=O)N(CC(=O)O)CC(C)C)C(F)(F)F)n1. The number of amides is 1. The highest BCUT2D eigenvalue weighted by Gasteiger charge is 2.58. The summed E-state index contributed by atoms with van der Waals surface area (Å²) < 4.78 is 40.1. The molecule has 1 heterocycles. The van der Waals surface area contributed by atoms with Gasteiger partial charge in [-0.15, -0.1) is 11.3 Å². The highest BCUT2D eigenvalue weighted by Crippen LogP contribution is 2.43. The molecular weight excluding hydrogens is 349 g/mol. The van der Waals surface area contributed by atoms with Crippen molar-refractivity contribution in [2.45, 2.75) is 39.0 Å². The maximum atomic E-state index is 13.4. The molecule has 1 aromatic heterocycles. The molecular formula is C14H19F3N2O4S. The number of aryl methyl sites for hydroxylation is 1. The topological polar surface area (TPSA) is 90.7 Å². The van der Waals surface area contributed by atoms with Crippen LogP contribution in [0.4, 0.5) is 13.2 Å². The Bertz CT molecular complexity index is 603. The molecule has 0 aromatic carbocycles. The first kappa shape index (κ1) is 20.4. The number of alkyl halides is 3. The summed E-state index contributed by atoms with van der Waals surface area (Å²) in [7, 11) is 0. The summed E-state index contributed by atoms with van der Waals surface area (Å²) in [5, 5.41) is 19.7. The van der Waals surface area contributed by atoms with Crippen molar-refractivity contribution in [3.8, 4) is 0 Å². The Morgan fingerprint density at radius 2 is 1.96 bits per heavy atom. The van der Waals surface area contributed by atoms with Gasteiger partial charge >= 0.3 is 12.1 Å². The number of aliphatic hydroxyl groups is 1. The Morgan fingerprint density at radius 3 is 2.33 bits per heavy atom. The van der Waals surface area contributed by atoms with Gasteiger partial charge in [-0.05, 0) is 12.8 Å². The molecule has 10 heteroatoms. The average molecular weight is 368 g/mol. The van der Waals surface area contributed by atoms with Gasteiger partial charge in [0.05, 0.1) is 6.42 Å². The smallest absolute Gasteiger partial charge is 0.424 e. The minimum atomic E-state index is -5.13. The number of hydrogen-bond acceptors (Lipinski definition) is 5. The van der Waals surface area contributed by atoms with Crippen molar-refractivity contribution in [2.75, 3.05) is 13.1 Å². The number of hydrogen-bond donors (Lipinski definition) is 2. The van der Waals surface area contributed by atoms with E-state index in [-0.39, 0.29) is 18.2 Å². The molecule has 1 rings (SSSR count). The van der Waals surface area contributed by atoms with Crippen LogP contribution in [0.5, 0.6) is 0 Å². The van der Waals surface area contributed by atoms with Gasteiger partial charge in [0.25, 0.3) is 0 Å². The molecule has 0 saturated carbocycles. The minimum absolute atomic E-state index is 0.0318. The maximum Gasteiger partial charge on any atom is 0.424 e. The van der Waals surface area contributed by atoms with E-state index >= 15 is 0 Å². The van der Waals surface area contributed by atoms with E-state index in [1.165, 1.54) is 12.3 Å². The van der Waals surface area contributed by atoms with Crippen molar-refractivity contribution in [3.05, 3.63) is 16.1 Å². The fraction of sp³-hybridized carbons (Fsp3) is 0.643. The molecule has 0 aliphatic rings. The third-order valence-corrected chi connectivity index (χ3v) is 4.22. The second kappa shape index (κ2) is 7.47. The summed E-state index contributed by atoms with van der Waals surface area (Å²) in [6, 6.07) is 0. The predicted molar refractivity (Wildman–Crippen MR) is 80.5 cm³/mol. The van der Waals surface area contributed by atoms with Gasteiger partial charge in [-0.1, -0.05) is 13.8 Å². The molecule has 0 bridgehead atoms. The third kappa shape index (κ3) is 4.91. The first-order chi connectivity index (χ1) is 10.9. The lowest BCUT2D eigenvalue weighted by Gasteiger charge is -2.31. The lowest BCUT2D eigenvalue weighted by Crippen LogP contribution is -2.48. The molecule has 0 spiro atoms. The lowest BCUT2D eigenvalue weighted by molar-refractivity contribution is -0.268. The van der Waals surface area contributed by atoms with Crippen molar-refractivity contribution >= 4 is 23.2 Å². The number of nitrogens with zero attached hydrogens (tertiary/aromatic N) is 2. The predicted octanol–water partition coefficient (Wildman–Crippen LogP) is 2.16. The first-order valence-corrected chi connectivity index (χ1v) is 7.96. The second-order valence-electron chi connectivity index (χ2n) is 5.89. The fourth-order valence-corrected chi connectivity index (χ4v) is 2.94. The van der Waals surface area contributed by atoms with E-state index in [4.69, 9.17) is 5.11 Å². The second-order valence-corrected chi connectivity index (χ2v) is 6.75. The number of carboxylic acid groups (broad SMARTS) is 1. The standard InChI is InChI=1S/C14H19F3N2O4S/c1-8(2)5-19(6-11(21)22)10(20)4-13(23,14(15,16)17)12-18-9(3)7-24-12/h7-8,23H,4-6H2,1-3H3,(H,21,22). The third-order valence-electron chi connectivity index (χ3n) is 3.11. The van der Waals surface area contributed by atoms with Gasteiger partial charge < -0.3 is 15.1 Å². The number of halogens is 3. The Kier molecular flexibility index (Phi) is 6.34. The molecule has 0 radical (unpaired) electrons. The van der Waals surface area contributed by atoms with Crippen LogP contribution in [0.2, 0.25) is 0 Å². The number of carbonyl (C=O) groups is 2. The van der Waals surface area contributed by atoms with E-state index in [1.54, 1.807) is 13.8 Å². The monoisotopic (exact) mass is 368 g/mol. The molecule has 1 amide bonds. The van der Waals surface area contributed by atoms with Crippen LogP contribution in [0.1, 0.15) is 31.0 Å². The molecule has 2 N–H and O–H groups in total. The quantitative estimate of drug-likeness (QED) is 0.770. The number of carbonyl (C=O) groups excluding carboxylic acids is 1. The largest absolute Gasteiger partial charge is 0.480 e. The van der Waals surface area contributed by atoms with E-state index < -0.39 is 41.6 Å². The molecule has 1 aromatic rings. The number of aliphatic carboxylic acids is 1. The Labute approximate surface area is 140 Å². The summed E-state index contributed by atoms with van der Waals surface area (Å²) >= 11 is 0.597. The Balaban J connectivity index is 3.12. The van der Waals surface area contributed by atoms with Crippen LogP contribution >= 0.6 is 11.3 Å². The van der Waals surface area contributed by atoms with Crippen LogP contribution in [-0.4, -0.2) is 51.2 Å². The molecule has 6 nitrogen and oxygen atoms in total. The van der Waals surface area contributed by atoms with Crippen molar-refractivity contribution in [2.24, 2.45) is 5.92 Å².